The molecule has 3 aromatic rings. The third-order valence-corrected chi connectivity index (χ3v) is 18.9. The highest BCUT2D eigenvalue weighted by atomic mass is 32.2. The average Bonchev–Trinajstić information content (AvgIpc) is 1.62. The first-order valence-electron chi connectivity index (χ1n) is 34.8. The van der Waals surface area contributed by atoms with E-state index in [1.807, 2.05) is 0 Å². The Morgan fingerprint density at radius 1 is 0.462 bits per heavy atom. The van der Waals surface area contributed by atoms with Crippen molar-refractivity contribution in [3.63, 3.8) is 0 Å². The van der Waals surface area contributed by atoms with Crippen LogP contribution in [0.15, 0.2) is 72.8 Å². The summed E-state index contributed by atoms with van der Waals surface area (Å²) in [5.41, 5.74) is 23.4. The molecule has 0 saturated carbocycles. The van der Waals surface area contributed by atoms with Crippen LogP contribution in [0.5, 0.6) is 17.2 Å². The molecule has 3 aliphatic rings. The molecular weight excluding hydrogens is 1400 g/mol. The highest BCUT2D eigenvalue weighted by Crippen LogP contribution is 2.30. The summed E-state index contributed by atoms with van der Waals surface area (Å²) in [6, 6.07) is -1.08. The van der Waals surface area contributed by atoms with Gasteiger partial charge in [-0.05, 0) is 136 Å². The van der Waals surface area contributed by atoms with E-state index in [9.17, 15) is 97.5 Å². The molecule has 578 valence electrons. The van der Waals surface area contributed by atoms with Crippen LogP contribution in [0.25, 0.3) is 0 Å². The first-order valence-corrected chi connectivity index (χ1v) is 36.2. The van der Waals surface area contributed by atoms with Crippen LogP contribution in [0.2, 0.25) is 0 Å². The molecule has 6 rings (SSSR count). The number of likely N-dealkylation sites (tertiary alicyclic amines) is 3. The molecule has 0 bridgehead atoms. The van der Waals surface area contributed by atoms with E-state index < -0.39 is 193 Å². The summed E-state index contributed by atoms with van der Waals surface area (Å²) >= 11 is 1.26. The van der Waals surface area contributed by atoms with Crippen molar-refractivity contribution in [3.05, 3.63) is 89.5 Å². The SMILES string of the molecule is CSCC[C@H](NC(=O)[C@H](Cc1ccc(O)cc1)NC(=O)[C@@H](NC(=O)[C@@H](N)CC(N)=O)[C@@H](C)O)C(=O)N[C@@H](CCC(N)=O)C(=O)N[C@@H](Cc1ccc(O)cc1)C(=O)N[C@@H](CC(C)C)C(=O)N[C@@H](CC(N)=O)C(=O)N1CCC[C@H]1C(=O)N1CCC[C@H]1C(=O)N1CCC[C@H]1C(=O)N[C@@H](Cc1ccc(O)cc1)C(=O)O. The van der Waals surface area contributed by atoms with Gasteiger partial charge < -0.3 is 106 Å². The van der Waals surface area contributed by atoms with E-state index in [-0.39, 0.29) is 106 Å². The van der Waals surface area contributed by atoms with Crippen molar-refractivity contribution in [3.8, 4) is 17.2 Å². The topological polar surface area (TPSA) is 567 Å². The molecule has 35 nitrogen and oxygen atoms in total. The summed E-state index contributed by atoms with van der Waals surface area (Å²) in [6.45, 7) is 4.74. The molecule has 13 atom stereocenters. The number of amides is 14. The number of benzene rings is 3. The third-order valence-electron chi connectivity index (χ3n) is 18.2. The Morgan fingerprint density at radius 2 is 0.849 bits per heavy atom. The number of carbonyl (C=O) groups is 15. The summed E-state index contributed by atoms with van der Waals surface area (Å²) in [5, 5.41) is 70.7. The monoisotopic (exact) mass is 1500 g/mol. The number of primary amides is 3. The first-order chi connectivity index (χ1) is 50.1. The van der Waals surface area contributed by atoms with Gasteiger partial charge in [-0.1, -0.05) is 50.2 Å². The minimum absolute atomic E-state index is 0.0358. The predicted octanol–water partition coefficient (Wildman–Crippen LogP) is -3.71. The number of rotatable bonds is 39. The number of aliphatic hydroxyl groups excluding tert-OH is 1. The number of aliphatic hydroxyl groups is 1. The molecule has 0 aromatic heterocycles. The molecular formula is C70H97N15O20S. The number of carbonyl (C=O) groups excluding carboxylic acids is 14. The minimum Gasteiger partial charge on any atom is -0.508 e. The number of thioether (sulfide) groups is 1. The van der Waals surface area contributed by atoms with E-state index in [0.29, 0.717) is 29.5 Å². The lowest BCUT2D eigenvalue weighted by Crippen LogP contribution is -2.62. The summed E-state index contributed by atoms with van der Waals surface area (Å²) in [5.74, 6) is -14.8. The quantitative estimate of drug-likeness (QED) is 0.0261. The van der Waals surface area contributed by atoms with Gasteiger partial charge in [0.25, 0.3) is 0 Å². The molecule has 3 saturated heterocycles. The lowest BCUT2D eigenvalue weighted by atomic mass is 10.00. The number of phenolic OH excluding ortho intramolecular Hbond substituents is 3. The highest BCUT2D eigenvalue weighted by Gasteiger charge is 2.48. The Bertz CT molecular complexity index is 3660. The second-order valence-corrected chi connectivity index (χ2v) is 28.0. The summed E-state index contributed by atoms with van der Waals surface area (Å²) < 4.78 is 0. The summed E-state index contributed by atoms with van der Waals surface area (Å²) in [4.78, 5) is 211. The molecule has 3 fully saturated rings. The molecule has 0 unspecified atom stereocenters. The van der Waals surface area contributed by atoms with Gasteiger partial charge >= 0.3 is 5.97 Å². The number of phenols is 3. The van der Waals surface area contributed by atoms with Crippen molar-refractivity contribution < 1.29 is 97.5 Å². The number of hydrogen-bond donors (Lipinski definition) is 17. The summed E-state index contributed by atoms with van der Waals surface area (Å²) in [7, 11) is 0. The number of nitrogens with two attached hydrogens (primary N) is 4. The van der Waals surface area contributed by atoms with E-state index in [1.54, 1.807) is 20.1 Å². The Morgan fingerprint density at radius 3 is 1.29 bits per heavy atom. The number of nitrogens with one attached hydrogen (secondary N) is 8. The second-order valence-electron chi connectivity index (χ2n) is 27.0. The maximum atomic E-state index is 14.9. The molecule has 3 heterocycles. The van der Waals surface area contributed by atoms with Gasteiger partial charge in [0.05, 0.1) is 25.0 Å². The van der Waals surface area contributed by atoms with Crippen molar-refractivity contribution in [1.82, 2.24) is 57.2 Å². The predicted molar refractivity (Wildman–Crippen MR) is 381 cm³/mol. The van der Waals surface area contributed by atoms with E-state index in [1.165, 1.54) is 99.3 Å². The Kier molecular flexibility index (Phi) is 31.8. The minimum atomic E-state index is -1.76. The maximum Gasteiger partial charge on any atom is 0.326 e. The van der Waals surface area contributed by atoms with Crippen LogP contribution in [0.1, 0.15) is 115 Å². The van der Waals surface area contributed by atoms with Crippen molar-refractivity contribution in [2.75, 3.05) is 31.6 Å². The maximum absolute atomic E-state index is 14.9. The van der Waals surface area contributed by atoms with Crippen molar-refractivity contribution in [2.24, 2.45) is 28.9 Å². The number of aliphatic carboxylic acids is 1. The zero-order valence-electron chi connectivity index (χ0n) is 59.4. The molecule has 106 heavy (non-hydrogen) atoms. The average molecular weight is 1500 g/mol. The van der Waals surface area contributed by atoms with Gasteiger partial charge in [0.15, 0.2) is 0 Å². The van der Waals surface area contributed by atoms with Crippen LogP contribution in [0.4, 0.5) is 0 Å². The molecule has 0 spiro atoms. The van der Waals surface area contributed by atoms with Gasteiger partial charge in [-0.2, -0.15) is 11.8 Å². The normalized spacial score (nSPS) is 18.4. The molecule has 14 amide bonds. The first kappa shape index (κ1) is 84.3. The fourth-order valence-corrected chi connectivity index (χ4v) is 13.2. The number of carboxylic acids is 1. The molecule has 36 heteroatoms. The fourth-order valence-electron chi connectivity index (χ4n) is 12.7. The van der Waals surface area contributed by atoms with Crippen LogP contribution in [0, 0.1) is 5.92 Å². The van der Waals surface area contributed by atoms with Gasteiger partial charge in [0, 0.05) is 45.3 Å². The van der Waals surface area contributed by atoms with Crippen LogP contribution in [0.3, 0.4) is 0 Å². The van der Waals surface area contributed by atoms with Gasteiger partial charge in [-0.15, -0.1) is 0 Å². The smallest absolute Gasteiger partial charge is 0.326 e. The Balaban J connectivity index is 1.20. The molecule has 0 aliphatic carbocycles. The van der Waals surface area contributed by atoms with Crippen molar-refractivity contribution in [2.45, 2.75) is 196 Å². The van der Waals surface area contributed by atoms with Crippen LogP contribution >= 0.6 is 11.8 Å². The Hall–Kier alpha value is -10.6. The van der Waals surface area contributed by atoms with Gasteiger partial charge in [-0.25, -0.2) is 4.79 Å². The molecule has 21 N–H and O–H groups in total. The zero-order chi connectivity index (χ0) is 78.2. The van der Waals surface area contributed by atoms with Crippen LogP contribution in [-0.2, 0) is 91.2 Å². The molecule has 3 aliphatic heterocycles. The third kappa shape index (κ3) is 25.0. The van der Waals surface area contributed by atoms with E-state index in [0.717, 1.165) is 6.92 Å². The largest absolute Gasteiger partial charge is 0.508 e. The highest BCUT2D eigenvalue weighted by molar-refractivity contribution is 7.98. The lowest BCUT2D eigenvalue weighted by Gasteiger charge is -2.35. The number of aromatic hydroxyl groups is 3. The van der Waals surface area contributed by atoms with E-state index in [2.05, 4.69) is 42.5 Å². The number of nitrogens with zero attached hydrogens (tertiary/aromatic N) is 3. The van der Waals surface area contributed by atoms with Crippen LogP contribution < -0.4 is 65.5 Å². The van der Waals surface area contributed by atoms with Crippen molar-refractivity contribution in [1.29, 1.82) is 0 Å². The fraction of sp³-hybridized carbons (Fsp3) is 0.529. The standard InChI is InChI=1S/C70H97N15O20S/c1-36(2)30-47(62(96)80-50(35-57(74)92)67(101)84-27-6-9-53(84)69(103)85-28-7-10-54(85)68(102)83-26-5-8-52(83)65(99)81-51(70(104)105)33-40-15-21-43(89)22-16-40)77-64(98)48(31-38-11-17-41(87)18-12-38)78-60(94)45(23-24-55(72)90)75-61(95)46(25-29-106-4)76-63(97)49(32-39-13-19-42(88)20-14-39)79-66(100)58(37(3)86)82-59(93)44(71)34-56(73)91/h11-22,36-37,44-54,58,86-89H,5-10,23-35,71H2,1-4H3,(H2,72,90)(H2,73,91)(H2,74,92)(H,75,95)(H,76,97)(H,77,98)(H,78,94)(H,79,100)(H,80,96)(H,81,99)(H,82,93)(H,104,105)/t37-,44+,45+,46+,47+,48+,49+,50+,51+,52+,53+,54+,58+/m1/s1. The molecule has 0 radical (unpaired) electrons. The lowest BCUT2D eigenvalue weighted by molar-refractivity contribution is -0.151. The molecule has 3 aromatic carbocycles. The number of hydrogen-bond acceptors (Lipinski definition) is 21. The van der Waals surface area contributed by atoms with Crippen LogP contribution in [-0.4, -0.2) is 239 Å². The van der Waals surface area contributed by atoms with E-state index >= 15 is 0 Å². The van der Waals surface area contributed by atoms with Gasteiger partial charge in [0.2, 0.25) is 82.7 Å². The second kappa shape index (κ2) is 40.0. The van der Waals surface area contributed by atoms with E-state index in [4.69, 9.17) is 22.9 Å². The zero-order valence-corrected chi connectivity index (χ0v) is 60.2. The van der Waals surface area contributed by atoms with Gasteiger partial charge in [-0.3, -0.25) is 67.1 Å². The number of carboxylic acid groups (broad SMARTS) is 1. The van der Waals surface area contributed by atoms with Gasteiger partial charge in [0.1, 0.15) is 83.7 Å². The summed E-state index contributed by atoms with van der Waals surface area (Å²) in [6.07, 6.45) is -1.84. The Labute approximate surface area is 615 Å². The van der Waals surface area contributed by atoms with Crippen molar-refractivity contribution >= 4 is 100 Å².